The molecule has 1 aromatic carbocycles. The summed E-state index contributed by atoms with van der Waals surface area (Å²) >= 11 is 0. The third kappa shape index (κ3) is 3.38. The van der Waals surface area contributed by atoms with E-state index in [1.165, 1.54) is 12.1 Å². The molecule has 0 aliphatic rings. The summed E-state index contributed by atoms with van der Waals surface area (Å²) in [6, 6.07) is 8.02. The monoisotopic (exact) mass is 340 g/mol. The summed E-state index contributed by atoms with van der Waals surface area (Å²) in [5.74, 6) is -0.340. The highest BCUT2D eigenvalue weighted by Crippen LogP contribution is 2.24. The Hall–Kier alpha value is -2.76. The predicted octanol–water partition coefficient (Wildman–Crippen LogP) is 3.47. The van der Waals surface area contributed by atoms with Crippen LogP contribution >= 0.6 is 0 Å². The second-order valence-electron chi connectivity index (χ2n) is 6.47. The predicted molar refractivity (Wildman–Crippen MR) is 94.9 cm³/mol. The van der Waals surface area contributed by atoms with Crippen molar-refractivity contribution in [1.82, 2.24) is 20.1 Å². The number of rotatable bonds is 4. The number of carbonyl (C=O) groups excluding carboxylic acids is 1. The number of halogens is 1. The van der Waals surface area contributed by atoms with Gasteiger partial charge in [0.2, 0.25) is 0 Å². The largest absolute Gasteiger partial charge is 0.348 e. The summed E-state index contributed by atoms with van der Waals surface area (Å²) in [5.41, 5.74) is 3.56. The quantitative estimate of drug-likeness (QED) is 0.791. The van der Waals surface area contributed by atoms with Crippen molar-refractivity contribution in [2.75, 3.05) is 0 Å². The summed E-state index contributed by atoms with van der Waals surface area (Å²) in [6.45, 7) is 6.19. The maximum Gasteiger partial charge on any atom is 0.252 e. The third-order valence-electron chi connectivity index (χ3n) is 4.17. The van der Waals surface area contributed by atoms with Gasteiger partial charge in [-0.05, 0) is 36.6 Å². The lowest BCUT2D eigenvalue weighted by molar-refractivity contribution is 0.0952. The van der Waals surface area contributed by atoms with Crippen LogP contribution in [-0.4, -0.2) is 20.7 Å². The van der Waals surface area contributed by atoms with Crippen molar-refractivity contribution in [3.63, 3.8) is 0 Å². The van der Waals surface area contributed by atoms with Crippen molar-refractivity contribution >= 4 is 16.9 Å². The van der Waals surface area contributed by atoms with E-state index in [1.807, 2.05) is 33.9 Å². The van der Waals surface area contributed by atoms with Gasteiger partial charge in [0.1, 0.15) is 5.82 Å². The zero-order valence-electron chi connectivity index (χ0n) is 14.8. The zero-order chi connectivity index (χ0) is 18.1. The minimum absolute atomic E-state index is 0.189. The van der Waals surface area contributed by atoms with Crippen molar-refractivity contribution in [1.29, 1.82) is 0 Å². The molecule has 0 radical (unpaired) electrons. The smallest absolute Gasteiger partial charge is 0.252 e. The van der Waals surface area contributed by atoms with E-state index < -0.39 is 0 Å². The minimum Gasteiger partial charge on any atom is -0.348 e. The molecule has 0 unspecified atom stereocenters. The first-order chi connectivity index (χ1) is 11.9. The highest BCUT2D eigenvalue weighted by molar-refractivity contribution is 6.06. The molecule has 1 N–H and O–H groups in total. The Bertz CT molecular complexity index is 946. The summed E-state index contributed by atoms with van der Waals surface area (Å²) in [6.07, 6.45) is 0. The molecule has 2 aromatic heterocycles. The van der Waals surface area contributed by atoms with E-state index in [2.05, 4.69) is 15.4 Å². The average molecular weight is 340 g/mol. The fourth-order valence-electron chi connectivity index (χ4n) is 2.86. The molecule has 0 saturated carbocycles. The van der Waals surface area contributed by atoms with Crippen LogP contribution in [0, 0.1) is 12.7 Å². The Morgan fingerprint density at radius 2 is 2.08 bits per heavy atom. The molecule has 0 aliphatic heterocycles. The van der Waals surface area contributed by atoms with Gasteiger partial charge in [0.25, 0.3) is 5.91 Å². The van der Waals surface area contributed by atoms with E-state index in [9.17, 15) is 9.18 Å². The van der Waals surface area contributed by atoms with Crippen molar-refractivity contribution in [3.05, 3.63) is 58.7 Å². The van der Waals surface area contributed by atoms with Gasteiger partial charge in [-0.15, -0.1) is 0 Å². The van der Waals surface area contributed by atoms with Crippen LogP contribution in [0.4, 0.5) is 4.39 Å². The lowest BCUT2D eigenvalue weighted by Crippen LogP contribution is -2.23. The molecule has 6 heteroatoms. The van der Waals surface area contributed by atoms with E-state index >= 15 is 0 Å². The zero-order valence-corrected chi connectivity index (χ0v) is 14.8. The van der Waals surface area contributed by atoms with Crippen LogP contribution < -0.4 is 5.32 Å². The van der Waals surface area contributed by atoms with Crippen LogP contribution in [0.1, 0.15) is 47.1 Å². The minimum atomic E-state index is -0.316. The molecule has 130 valence electrons. The maximum absolute atomic E-state index is 13.3. The Balaban J connectivity index is 1.97. The van der Waals surface area contributed by atoms with Gasteiger partial charge in [0.05, 0.1) is 16.6 Å². The Morgan fingerprint density at radius 1 is 1.32 bits per heavy atom. The fourth-order valence-corrected chi connectivity index (χ4v) is 2.86. The molecule has 3 aromatic rings. The lowest BCUT2D eigenvalue weighted by atomic mass is 10.0. The average Bonchev–Trinajstić information content (AvgIpc) is 2.86. The first-order valence-corrected chi connectivity index (χ1v) is 8.23. The van der Waals surface area contributed by atoms with Gasteiger partial charge < -0.3 is 5.32 Å². The van der Waals surface area contributed by atoms with E-state index in [0.717, 1.165) is 16.8 Å². The molecule has 0 aliphatic carbocycles. The number of aromatic nitrogens is 3. The standard InChI is InChI=1S/C19H21FN4O/c1-11(2)16-9-15(17-12(3)23-24(4)18(17)22-16)19(25)21-10-13-6-5-7-14(20)8-13/h5-9,11H,10H2,1-4H3,(H,21,25). The summed E-state index contributed by atoms with van der Waals surface area (Å²) < 4.78 is 15.0. The molecule has 0 spiro atoms. The van der Waals surface area contributed by atoms with Crippen molar-refractivity contribution in [2.24, 2.45) is 7.05 Å². The number of nitrogens with one attached hydrogen (secondary N) is 1. The molecule has 0 saturated heterocycles. The highest BCUT2D eigenvalue weighted by atomic mass is 19.1. The molecule has 25 heavy (non-hydrogen) atoms. The highest BCUT2D eigenvalue weighted by Gasteiger charge is 2.19. The van der Waals surface area contributed by atoms with Crippen LogP contribution in [-0.2, 0) is 13.6 Å². The van der Waals surface area contributed by atoms with Gasteiger partial charge in [0, 0.05) is 19.3 Å². The number of pyridine rings is 1. The molecule has 0 fully saturated rings. The van der Waals surface area contributed by atoms with Gasteiger partial charge in [-0.2, -0.15) is 5.10 Å². The number of carbonyl (C=O) groups is 1. The summed E-state index contributed by atoms with van der Waals surface area (Å²) in [7, 11) is 1.82. The maximum atomic E-state index is 13.3. The van der Waals surface area contributed by atoms with E-state index in [-0.39, 0.29) is 24.2 Å². The molecule has 0 bridgehead atoms. The van der Waals surface area contributed by atoms with Crippen LogP contribution in [0.3, 0.4) is 0 Å². The second kappa shape index (κ2) is 6.63. The number of nitrogens with zero attached hydrogens (tertiary/aromatic N) is 3. The van der Waals surface area contributed by atoms with E-state index in [1.54, 1.807) is 16.8 Å². The second-order valence-corrected chi connectivity index (χ2v) is 6.47. The van der Waals surface area contributed by atoms with Crippen molar-refractivity contribution in [2.45, 2.75) is 33.2 Å². The van der Waals surface area contributed by atoms with Crippen LogP contribution in [0.5, 0.6) is 0 Å². The molecule has 1 amide bonds. The summed E-state index contributed by atoms with van der Waals surface area (Å²) in [5, 5.41) is 8.01. The molecular formula is C19H21FN4O. The van der Waals surface area contributed by atoms with Gasteiger partial charge in [-0.1, -0.05) is 26.0 Å². The third-order valence-corrected chi connectivity index (χ3v) is 4.17. The van der Waals surface area contributed by atoms with Crippen LogP contribution in [0.25, 0.3) is 11.0 Å². The van der Waals surface area contributed by atoms with Gasteiger partial charge >= 0.3 is 0 Å². The Kier molecular flexibility index (Phi) is 4.53. The van der Waals surface area contributed by atoms with Crippen LogP contribution in [0.2, 0.25) is 0 Å². The molecule has 3 rings (SSSR count). The van der Waals surface area contributed by atoms with Crippen molar-refractivity contribution < 1.29 is 9.18 Å². The number of hydrogen-bond acceptors (Lipinski definition) is 3. The fraction of sp³-hybridized carbons (Fsp3) is 0.316. The molecular weight excluding hydrogens is 319 g/mol. The number of fused-ring (bicyclic) bond motifs is 1. The van der Waals surface area contributed by atoms with Crippen molar-refractivity contribution in [3.8, 4) is 0 Å². The lowest BCUT2D eigenvalue weighted by Gasteiger charge is -2.11. The number of hydrogen-bond donors (Lipinski definition) is 1. The van der Waals surface area contributed by atoms with Gasteiger partial charge in [0.15, 0.2) is 5.65 Å². The van der Waals surface area contributed by atoms with E-state index in [0.29, 0.717) is 16.8 Å². The first-order valence-electron chi connectivity index (χ1n) is 8.23. The van der Waals surface area contributed by atoms with Gasteiger partial charge in [-0.25, -0.2) is 9.37 Å². The number of aryl methyl sites for hydroxylation is 2. The number of amides is 1. The molecule has 5 nitrogen and oxygen atoms in total. The topological polar surface area (TPSA) is 59.8 Å². The normalized spacial score (nSPS) is 11.3. The molecule has 0 atom stereocenters. The van der Waals surface area contributed by atoms with Gasteiger partial charge in [-0.3, -0.25) is 9.48 Å². The molecule has 2 heterocycles. The number of benzene rings is 1. The first kappa shape index (κ1) is 17.1. The van der Waals surface area contributed by atoms with Crippen LogP contribution in [0.15, 0.2) is 30.3 Å². The SMILES string of the molecule is Cc1nn(C)c2nc(C(C)C)cc(C(=O)NCc3cccc(F)c3)c12. The Morgan fingerprint density at radius 3 is 2.76 bits per heavy atom. The Labute approximate surface area is 145 Å². The van der Waals surface area contributed by atoms with E-state index in [4.69, 9.17) is 0 Å². The summed E-state index contributed by atoms with van der Waals surface area (Å²) in [4.78, 5) is 17.4.